The number of hydrogen-bond acceptors (Lipinski definition) is 6. The van der Waals surface area contributed by atoms with Gasteiger partial charge in [-0.25, -0.2) is 4.79 Å². The predicted molar refractivity (Wildman–Crippen MR) is 76.7 cm³/mol. The highest BCUT2D eigenvalue weighted by molar-refractivity contribution is 5.96. The fourth-order valence-electron chi connectivity index (χ4n) is 2.27. The first-order chi connectivity index (χ1) is 10.6. The predicted octanol–water partition coefficient (Wildman–Crippen LogP) is 2.90. The van der Waals surface area contributed by atoms with E-state index >= 15 is 0 Å². The summed E-state index contributed by atoms with van der Waals surface area (Å²) < 4.78 is 10.5. The van der Waals surface area contributed by atoms with Crippen LogP contribution in [-0.4, -0.2) is 22.7 Å². The molecule has 2 aromatic rings. The van der Waals surface area contributed by atoms with Crippen molar-refractivity contribution in [3.8, 4) is 17.5 Å². The van der Waals surface area contributed by atoms with E-state index in [4.69, 9.17) is 14.5 Å². The summed E-state index contributed by atoms with van der Waals surface area (Å²) in [4.78, 5) is 16.5. The van der Waals surface area contributed by atoms with Gasteiger partial charge in [0, 0.05) is 11.8 Å². The number of carbonyl (C=O) groups excluding carboxylic acids is 1. The van der Waals surface area contributed by atoms with Crippen LogP contribution in [0.5, 0.6) is 0 Å². The van der Waals surface area contributed by atoms with Crippen molar-refractivity contribution in [2.75, 3.05) is 6.61 Å². The smallest absolute Gasteiger partial charge is 0.338 e. The Bertz CT molecular complexity index is 741. The van der Waals surface area contributed by atoms with Gasteiger partial charge in [-0.1, -0.05) is 17.3 Å². The standard InChI is InChI=1S/C16H15N3O3/c1-11-18-14(22-19-11)12-4-2-3-5-13(12)15(20)21-10-16(6-7-16)8-9-17/h2-5H,6-8,10H2,1H3. The highest BCUT2D eigenvalue weighted by Crippen LogP contribution is 2.48. The van der Waals surface area contributed by atoms with Crippen LogP contribution >= 0.6 is 0 Å². The van der Waals surface area contributed by atoms with Crippen molar-refractivity contribution in [1.29, 1.82) is 5.26 Å². The van der Waals surface area contributed by atoms with Gasteiger partial charge in [0.15, 0.2) is 5.82 Å². The van der Waals surface area contributed by atoms with E-state index in [9.17, 15) is 4.79 Å². The Morgan fingerprint density at radius 3 is 2.86 bits per heavy atom. The van der Waals surface area contributed by atoms with Crippen LogP contribution in [0, 0.1) is 23.7 Å². The quantitative estimate of drug-likeness (QED) is 0.788. The van der Waals surface area contributed by atoms with Crippen molar-refractivity contribution in [1.82, 2.24) is 10.1 Å². The Kier molecular flexibility index (Phi) is 3.63. The second-order valence-corrected chi connectivity index (χ2v) is 5.60. The van der Waals surface area contributed by atoms with Gasteiger partial charge < -0.3 is 9.26 Å². The lowest BCUT2D eigenvalue weighted by Gasteiger charge is -2.12. The lowest BCUT2D eigenvalue weighted by Crippen LogP contribution is -2.15. The Hall–Kier alpha value is -2.68. The molecule has 1 aromatic carbocycles. The van der Waals surface area contributed by atoms with E-state index in [1.54, 1.807) is 31.2 Å². The van der Waals surface area contributed by atoms with E-state index in [2.05, 4.69) is 16.2 Å². The lowest BCUT2D eigenvalue weighted by atomic mass is 10.1. The van der Waals surface area contributed by atoms with E-state index in [0.29, 0.717) is 29.3 Å². The maximum absolute atomic E-state index is 12.3. The average Bonchev–Trinajstić information content (AvgIpc) is 3.16. The largest absolute Gasteiger partial charge is 0.461 e. The van der Waals surface area contributed by atoms with Gasteiger partial charge in [-0.3, -0.25) is 0 Å². The van der Waals surface area contributed by atoms with Crippen molar-refractivity contribution in [3.05, 3.63) is 35.7 Å². The minimum atomic E-state index is -0.435. The van der Waals surface area contributed by atoms with Crippen molar-refractivity contribution < 1.29 is 14.1 Å². The topological polar surface area (TPSA) is 89.0 Å². The van der Waals surface area contributed by atoms with Crippen LogP contribution in [-0.2, 0) is 4.74 Å². The number of hydrogen-bond donors (Lipinski definition) is 0. The van der Waals surface area contributed by atoms with Gasteiger partial charge in [0.05, 0.1) is 23.8 Å². The molecular weight excluding hydrogens is 282 g/mol. The molecular formula is C16H15N3O3. The summed E-state index contributed by atoms with van der Waals surface area (Å²) in [5, 5.41) is 12.5. The molecule has 1 heterocycles. The minimum absolute atomic E-state index is 0.138. The SMILES string of the molecule is Cc1noc(-c2ccccc2C(=O)OCC2(CC#N)CC2)n1. The number of ether oxygens (including phenoxy) is 1. The molecule has 1 aliphatic carbocycles. The highest BCUT2D eigenvalue weighted by atomic mass is 16.5. The zero-order valence-corrected chi connectivity index (χ0v) is 12.2. The molecule has 1 saturated carbocycles. The molecule has 1 fully saturated rings. The second kappa shape index (κ2) is 5.60. The van der Waals surface area contributed by atoms with Crippen LogP contribution in [0.3, 0.4) is 0 Å². The molecule has 1 aromatic heterocycles. The number of aryl methyl sites for hydroxylation is 1. The first-order valence-electron chi connectivity index (χ1n) is 7.07. The Labute approximate surface area is 127 Å². The van der Waals surface area contributed by atoms with Gasteiger partial charge in [0.2, 0.25) is 0 Å². The second-order valence-electron chi connectivity index (χ2n) is 5.60. The molecule has 0 bridgehead atoms. The van der Waals surface area contributed by atoms with Gasteiger partial charge in [-0.2, -0.15) is 10.2 Å². The summed E-state index contributed by atoms with van der Waals surface area (Å²) in [6, 6.07) is 9.11. The summed E-state index contributed by atoms with van der Waals surface area (Å²) in [6.07, 6.45) is 2.28. The van der Waals surface area contributed by atoms with E-state index in [1.165, 1.54) is 0 Å². The molecule has 6 heteroatoms. The maximum atomic E-state index is 12.3. The Balaban J connectivity index is 1.77. The summed E-state index contributed by atoms with van der Waals surface area (Å²) in [7, 11) is 0. The van der Waals surface area contributed by atoms with Gasteiger partial charge in [0.1, 0.15) is 0 Å². The summed E-state index contributed by atoms with van der Waals surface area (Å²) in [6.45, 7) is 1.99. The molecule has 0 radical (unpaired) electrons. The summed E-state index contributed by atoms with van der Waals surface area (Å²) >= 11 is 0. The number of rotatable bonds is 5. The highest BCUT2D eigenvalue weighted by Gasteiger charge is 2.43. The maximum Gasteiger partial charge on any atom is 0.338 e. The van der Waals surface area contributed by atoms with Gasteiger partial charge in [-0.15, -0.1) is 0 Å². The first kappa shape index (κ1) is 14.3. The first-order valence-corrected chi connectivity index (χ1v) is 7.07. The number of carbonyl (C=O) groups is 1. The summed E-state index contributed by atoms with van der Waals surface area (Å²) in [5.74, 6) is 0.364. The van der Waals surface area contributed by atoms with Crippen molar-refractivity contribution in [2.24, 2.45) is 5.41 Å². The fourth-order valence-corrected chi connectivity index (χ4v) is 2.27. The molecule has 3 rings (SSSR count). The lowest BCUT2D eigenvalue weighted by molar-refractivity contribution is 0.0420. The van der Waals surface area contributed by atoms with Crippen LogP contribution in [0.25, 0.3) is 11.5 Å². The zero-order valence-electron chi connectivity index (χ0n) is 12.2. The van der Waals surface area contributed by atoms with Crippen LogP contribution in [0.2, 0.25) is 0 Å². The van der Waals surface area contributed by atoms with Gasteiger partial charge in [0.25, 0.3) is 5.89 Å². The number of aromatic nitrogens is 2. The van der Waals surface area contributed by atoms with E-state index in [0.717, 1.165) is 12.8 Å². The molecule has 22 heavy (non-hydrogen) atoms. The fraction of sp³-hybridized carbons (Fsp3) is 0.375. The number of nitrogens with zero attached hydrogens (tertiary/aromatic N) is 3. The average molecular weight is 297 g/mol. The molecule has 112 valence electrons. The third-order valence-corrected chi connectivity index (χ3v) is 3.83. The molecule has 0 N–H and O–H groups in total. The normalized spacial score (nSPS) is 15.1. The molecule has 1 aliphatic rings. The van der Waals surface area contributed by atoms with Crippen LogP contribution in [0.15, 0.2) is 28.8 Å². The van der Waals surface area contributed by atoms with Gasteiger partial charge >= 0.3 is 5.97 Å². The van der Waals surface area contributed by atoms with E-state index in [1.807, 2.05) is 0 Å². The Morgan fingerprint density at radius 2 is 2.23 bits per heavy atom. The van der Waals surface area contributed by atoms with Crippen molar-refractivity contribution in [3.63, 3.8) is 0 Å². The van der Waals surface area contributed by atoms with Crippen molar-refractivity contribution in [2.45, 2.75) is 26.2 Å². The van der Waals surface area contributed by atoms with Crippen LogP contribution in [0.1, 0.15) is 35.4 Å². The third-order valence-electron chi connectivity index (χ3n) is 3.83. The van der Waals surface area contributed by atoms with E-state index < -0.39 is 5.97 Å². The molecule has 0 unspecified atom stereocenters. The number of nitriles is 1. The molecule has 0 amide bonds. The minimum Gasteiger partial charge on any atom is -0.461 e. The molecule has 0 atom stereocenters. The third kappa shape index (κ3) is 2.84. The van der Waals surface area contributed by atoms with E-state index in [-0.39, 0.29) is 12.0 Å². The Morgan fingerprint density at radius 1 is 1.45 bits per heavy atom. The number of benzene rings is 1. The number of esters is 1. The van der Waals surface area contributed by atoms with Crippen LogP contribution in [0.4, 0.5) is 0 Å². The monoisotopic (exact) mass is 297 g/mol. The molecule has 0 saturated heterocycles. The van der Waals surface area contributed by atoms with Crippen LogP contribution < -0.4 is 0 Å². The molecule has 0 spiro atoms. The summed E-state index contributed by atoms with van der Waals surface area (Å²) in [5.41, 5.74) is 0.803. The molecule has 0 aliphatic heterocycles. The van der Waals surface area contributed by atoms with Crippen molar-refractivity contribution >= 4 is 5.97 Å². The van der Waals surface area contributed by atoms with Gasteiger partial charge in [-0.05, 0) is 31.9 Å². The zero-order chi connectivity index (χ0) is 15.6. The molecule has 6 nitrogen and oxygen atoms in total.